The Balaban J connectivity index is 0.000000319. The molecule has 0 spiro atoms. The molecule has 2 heterocycles. The van der Waals surface area contributed by atoms with Gasteiger partial charge in [-0.1, -0.05) is 60.2 Å². The van der Waals surface area contributed by atoms with E-state index < -0.39 is 50.9 Å². The summed E-state index contributed by atoms with van der Waals surface area (Å²) in [7, 11) is 0. The molecule has 2 aromatic heterocycles. The molecule has 0 N–H and O–H groups in total. The van der Waals surface area contributed by atoms with Gasteiger partial charge in [-0.15, -0.1) is 71.8 Å². The zero-order valence-corrected chi connectivity index (χ0v) is 29.1. The Hall–Kier alpha value is -4.89. The number of aryl methyl sites for hydroxylation is 7. The Labute approximate surface area is 326 Å². The molecule has 0 aliphatic carbocycles. The van der Waals surface area contributed by atoms with Crippen molar-refractivity contribution in [2.24, 2.45) is 0 Å². The van der Waals surface area contributed by atoms with Gasteiger partial charge in [0.1, 0.15) is 0 Å². The third-order valence-electron chi connectivity index (χ3n) is 7.92. The largest absolute Gasteiger partial charge is 0.340 e. The molecule has 7 aromatic rings. The van der Waals surface area contributed by atoms with E-state index in [2.05, 4.69) is 58.7 Å². The first-order valence-electron chi connectivity index (χ1n) is 22.7. The molecule has 0 saturated carbocycles. The SMILES string of the molecule is Cc1cccc(C)c1-n1ccnc1-c1[c-]cccc1.[2H]C([2H])([2H])c1ccc(-c2cc(C([2H])([2H])[2H])c(-c3cc(-c4[c-]cccc4)ncc3C([2H])([2H])[2H])cc2C([2H])([2H])[2H])c(C([2H])([2H])[2H])c1.[Ir]. The van der Waals surface area contributed by atoms with Crippen molar-refractivity contribution in [3.05, 3.63) is 173 Å². The number of benzene rings is 5. The van der Waals surface area contributed by atoms with Crippen molar-refractivity contribution in [1.82, 2.24) is 14.5 Å². The van der Waals surface area contributed by atoms with Crippen LogP contribution < -0.4 is 0 Å². The van der Waals surface area contributed by atoms with Crippen molar-refractivity contribution in [3.8, 4) is 50.6 Å². The average Bonchev–Trinajstić information content (AvgIpc) is 3.68. The van der Waals surface area contributed by atoms with Crippen LogP contribution in [0.4, 0.5) is 0 Å². The van der Waals surface area contributed by atoms with Crippen LogP contribution >= 0.6 is 0 Å². The van der Waals surface area contributed by atoms with E-state index in [1.165, 1.54) is 22.9 Å². The fourth-order valence-electron chi connectivity index (χ4n) is 5.60. The van der Waals surface area contributed by atoms with Crippen molar-refractivity contribution >= 4 is 0 Å². The summed E-state index contributed by atoms with van der Waals surface area (Å²) in [5.74, 6) is 0.929. The maximum Gasteiger partial charge on any atom is 0.0602 e. The number of aromatic nitrogens is 3. The van der Waals surface area contributed by atoms with E-state index in [1.54, 1.807) is 24.3 Å². The van der Waals surface area contributed by atoms with Crippen LogP contribution in [0.1, 0.15) is 59.5 Å². The summed E-state index contributed by atoms with van der Waals surface area (Å²) in [6, 6.07) is 33.9. The predicted molar refractivity (Wildman–Crippen MR) is 200 cm³/mol. The summed E-state index contributed by atoms with van der Waals surface area (Å²) in [5, 5.41) is 0. The van der Waals surface area contributed by atoms with E-state index in [-0.39, 0.29) is 59.2 Å². The molecule has 247 valence electrons. The van der Waals surface area contributed by atoms with Gasteiger partial charge >= 0.3 is 0 Å². The normalized spacial score (nSPS) is 16.4. The number of para-hydroxylation sites is 1. The van der Waals surface area contributed by atoms with E-state index in [0.29, 0.717) is 5.56 Å². The van der Waals surface area contributed by atoms with Gasteiger partial charge in [0.2, 0.25) is 0 Å². The number of hydrogen-bond acceptors (Lipinski definition) is 2. The summed E-state index contributed by atoms with van der Waals surface area (Å²) in [4.78, 5) is 8.72. The van der Waals surface area contributed by atoms with Gasteiger partial charge in [0.15, 0.2) is 0 Å². The third kappa shape index (κ3) is 7.73. The number of rotatable bonds is 5. The molecule has 3 nitrogen and oxygen atoms in total. The number of hydrogen-bond donors (Lipinski definition) is 0. The molecule has 0 fully saturated rings. The van der Waals surface area contributed by atoms with Gasteiger partial charge in [0.25, 0.3) is 0 Å². The van der Waals surface area contributed by atoms with Crippen LogP contribution in [-0.4, -0.2) is 14.5 Å². The monoisotopic (exact) mass is 831 g/mol. The molecule has 0 bridgehead atoms. The van der Waals surface area contributed by atoms with E-state index in [9.17, 15) is 0 Å². The first-order valence-corrected chi connectivity index (χ1v) is 15.2. The topological polar surface area (TPSA) is 30.7 Å². The molecule has 0 amide bonds. The molecule has 0 aliphatic heterocycles. The Bertz CT molecular complexity index is 2710. The molecule has 0 aliphatic rings. The molecular weight excluding hydrogens is 775 g/mol. The van der Waals surface area contributed by atoms with Gasteiger partial charge in [-0.2, -0.15) is 0 Å². The molecule has 0 unspecified atom stereocenters. The molecule has 5 aromatic carbocycles. The van der Waals surface area contributed by atoms with Crippen LogP contribution in [0.3, 0.4) is 0 Å². The predicted octanol–water partition coefficient (Wildman–Crippen LogP) is 11.4. The Morgan fingerprint density at radius 3 is 1.84 bits per heavy atom. The van der Waals surface area contributed by atoms with Crippen LogP contribution in [0.25, 0.3) is 50.6 Å². The van der Waals surface area contributed by atoms with Gasteiger partial charge in [-0.25, -0.2) is 0 Å². The molecule has 0 saturated heterocycles. The quantitative estimate of drug-likeness (QED) is 0.162. The number of imidazole rings is 1. The second kappa shape index (κ2) is 15.6. The summed E-state index contributed by atoms with van der Waals surface area (Å²) in [5.41, 5.74) is 2.71. The van der Waals surface area contributed by atoms with Gasteiger partial charge in [0, 0.05) is 64.9 Å². The Kier molecular flexibility index (Phi) is 6.53. The third-order valence-corrected chi connectivity index (χ3v) is 7.92. The van der Waals surface area contributed by atoms with Gasteiger partial charge in [-0.3, -0.25) is 4.98 Å². The average molecular weight is 831 g/mol. The minimum Gasteiger partial charge on any atom is -0.340 e. The van der Waals surface area contributed by atoms with E-state index >= 15 is 0 Å². The maximum absolute atomic E-state index is 8.33. The molecule has 0 atom stereocenters. The zero-order valence-electron chi connectivity index (χ0n) is 41.7. The smallest absolute Gasteiger partial charge is 0.0602 e. The van der Waals surface area contributed by atoms with Gasteiger partial charge < -0.3 is 9.55 Å². The van der Waals surface area contributed by atoms with Crippen molar-refractivity contribution in [2.45, 2.75) is 48.1 Å². The zero-order chi connectivity index (χ0) is 46.3. The van der Waals surface area contributed by atoms with Crippen molar-refractivity contribution in [1.29, 1.82) is 0 Å². The van der Waals surface area contributed by atoms with Crippen LogP contribution in [-0.2, 0) is 20.1 Å². The summed E-state index contributed by atoms with van der Waals surface area (Å²) >= 11 is 0. The first kappa shape index (κ1) is 20.6. The fraction of sp³-hybridized carbons (Fsp3) is 0.156. The Morgan fingerprint density at radius 2 is 1.20 bits per heavy atom. The van der Waals surface area contributed by atoms with Crippen molar-refractivity contribution in [3.63, 3.8) is 0 Å². The minimum absolute atomic E-state index is 0. The summed E-state index contributed by atoms with van der Waals surface area (Å²) in [6.07, 6.45) is 4.93. The van der Waals surface area contributed by atoms with Crippen molar-refractivity contribution < 1.29 is 40.7 Å². The number of pyridine rings is 1. The van der Waals surface area contributed by atoms with Crippen LogP contribution in [0.5, 0.6) is 0 Å². The fourth-order valence-corrected chi connectivity index (χ4v) is 5.60. The first-order chi connectivity index (χ1) is 29.3. The molecule has 4 heteroatoms. The van der Waals surface area contributed by atoms with Gasteiger partial charge in [0.05, 0.1) is 5.82 Å². The molecular formula is C45H41IrN3-2. The number of nitrogens with zero attached hydrogens (tertiary/aromatic N) is 3. The van der Waals surface area contributed by atoms with E-state index in [4.69, 9.17) is 20.6 Å². The minimum atomic E-state index is -2.94. The second-order valence-corrected chi connectivity index (χ2v) is 11.2. The molecule has 7 rings (SSSR count). The van der Waals surface area contributed by atoms with Crippen LogP contribution in [0, 0.1) is 60.2 Å². The Morgan fingerprint density at radius 1 is 0.571 bits per heavy atom. The molecule has 49 heavy (non-hydrogen) atoms. The maximum atomic E-state index is 8.33. The second-order valence-electron chi connectivity index (χ2n) is 11.2. The van der Waals surface area contributed by atoms with E-state index in [0.717, 1.165) is 47.9 Å². The van der Waals surface area contributed by atoms with Crippen molar-refractivity contribution in [2.75, 3.05) is 0 Å². The molecule has 1 radical (unpaired) electrons. The standard InChI is InChI=1S/C28H26N.C17H15N2.Ir/c1-18-11-12-24(19(2)13-18)25-14-21(4)26(15-20(25)3)27-16-28(29-17-22(27)5)23-9-7-6-8-10-23;1-13-7-6-8-14(2)16(13)19-12-11-18-17(19)15-9-4-3-5-10-15;/h6-9,11-17H,1-5H3;3-9,11-12H,1-2H3;/q2*-1;/i1D3,2D3,3D3,4D3,5D3;;. The van der Waals surface area contributed by atoms with Crippen LogP contribution in [0.2, 0.25) is 0 Å². The summed E-state index contributed by atoms with van der Waals surface area (Å²) < 4.78 is 124. The van der Waals surface area contributed by atoms with E-state index in [1.807, 2.05) is 36.7 Å². The van der Waals surface area contributed by atoms with Crippen LogP contribution in [0.15, 0.2) is 122 Å². The summed E-state index contributed by atoms with van der Waals surface area (Å²) in [6.45, 7) is -9.95. The van der Waals surface area contributed by atoms with Gasteiger partial charge in [-0.05, 0) is 109 Å².